The fraction of sp³-hybridized carbons (Fsp3) is 0.250. The fourth-order valence-electron chi connectivity index (χ4n) is 3.32. The topological polar surface area (TPSA) is 79.4 Å². The van der Waals surface area contributed by atoms with Crippen LogP contribution in [0.25, 0.3) is 0 Å². The van der Waals surface area contributed by atoms with Crippen LogP contribution in [-0.2, 0) is 21.2 Å². The van der Waals surface area contributed by atoms with Crippen molar-refractivity contribution in [2.24, 2.45) is 0 Å². The highest BCUT2D eigenvalue weighted by Gasteiger charge is 2.18. The van der Waals surface area contributed by atoms with E-state index in [0.29, 0.717) is 12.1 Å². The van der Waals surface area contributed by atoms with Gasteiger partial charge in [-0.25, -0.2) is 8.42 Å². The highest BCUT2D eigenvalue weighted by Crippen LogP contribution is 2.25. The lowest BCUT2D eigenvalue weighted by Gasteiger charge is -2.23. The average molecular weight is 516 g/mol. The van der Waals surface area contributed by atoms with Crippen molar-refractivity contribution >= 4 is 43.2 Å². The standard InChI is InChI=1S/C24H26BrN3O3S/c1-18-16-22(9-10-23(18)25)28(32(2,30)31)15-3-4-24(29)27-21-7-5-19(6-8-21)17-20-11-13-26-14-12-20/h5-14,16H,3-4,15,17H2,1-2H3,(H,27,29). The van der Waals surface area contributed by atoms with Gasteiger partial charge in [-0.05, 0) is 78.9 Å². The maximum atomic E-state index is 12.4. The zero-order chi connectivity index (χ0) is 23.1. The number of benzene rings is 2. The van der Waals surface area contributed by atoms with Crippen LogP contribution in [0, 0.1) is 6.92 Å². The lowest BCUT2D eigenvalue weighted by atomic mass is 10.1. The maximum absolute atomic E-state index is 12.4. The first-order valence-electron chi connectivity index (χ1n) is 10.2. The molecule has 0 spiro atoms. The molecule has 0 fully saturated rings. The number of nitrogens with zero attached hydrogens (tertiary/aromatic N) is 2. The molecule has 0 aliphatic carbocycles. The second-order valence-corrected chi connectivity index (χ2v) is 10.4. The van der Waals surface area contributed by atoms with E-state index in [9.17, 15) is 13.2 Å². The van der Waals surface area contributed by atoms with E-state index >= 15 is 0 Å². The monoisotopic (exact) mass is 515 g/mol. The first-order chi connectivity index (χ1) is 15.2. The summed E-state index contributed by atoms with van der Waals surface area (Å²) in [5.74, 6) is -0.146. The first-order valence-corrected chi connectivity index (χ1v) is 12.9. The van der Waals surface area contributed by atoms with E-state index in [1.807, 2.05) is 55.5 Å². The summed E-state index contributed by atoms with van der Waals surface area (Å²) in [5.41, 5.74) is 4.58. The number of carbonyl (C=O) groups excluding carboxylic acids is 1. The van der Waals surface area contributed by atoms with E-state index in [4.69, 9.17) is 0 Å². The Morgan fingerprint density at radius 2 is 1.69 bits per heavy atom. The van der Waals surface area contributed by atoms with Crippen molar-refractivity contribution in [2.75, 3.05) is 22.4 Å². The van der Waals surface area contributed by atoms with Crippen LogP contribution in [0.4, 0.5) is 11.4 Å². The van der Waals surface area contributed by atoms with Crippen LogP contribution in [-0.4, -0.2) is 32.1 Å². The summed E-state index contributed by atoms with van der Waals surface area (Å²) < 4.78 is 26.8. The maximum Gasteiger partial charge on any atom is 0.232 e. The molecule has 0 saturated carbocycles. The summed E-state index contributed by atoms with van der Waals surface area (Å²) in [6, 6.07) is 17.1. The molecule has 1 aromatic heterocycles. The molecule has 8 heteroatoms. The van der Waals surface area contributed by atoms with Crippen molar-refractivity contribution in [2.45, 2.75) is 26.2 Å². The van der Waals surface area contributed by atoms with Crippen molar-refractivity contribution in [3.8, 4) is 0 Å². The van der Waals surface area contributed by atoms with Crippen LogP contribution in [0.3, 0.4) is 0 Å². The fourth-order valence-corrected chi connectivity index (χ4v) is 4.52. The number of halogens is 1. The largest absolute Gasteiger partial charge is 0.326 e. The van der Waals surface area contributed by atoms with Crippen LogP contribution in [0.2, 0.25) is 0 Å². The number of amides is 1. The van der Waals surface area contributed by atoms with Gasteiger partial charge in [0.2, 0.25) is 15.9 Å². The van der Waals surface area contributed by atoms with Gasteiger partial charge >= 0.3 is 0 Å². The molecule has 2 aromatic carbocycles. The number of sulfonamides is 1. The molecule has 3 rings (SSSR count). The Hall–Kier alpha value is -2.71. The molecule has 0 atom stereocenters. The number of pyridine rings is 1. The second-order valence-electron chi connectivity index (χ2n) is 7.65. The summed E-state index contributed by atoms with van der Waals surface area (Å²) in [4.78, 5) is 16.4. The minimum Gasteiger partial charge on any atom is -0.326 e. The van der Waals surface area contributed by atoms with Crippen LogP contribution < -0.4 is 9.62 Å². The zero-order valence-corrected chi connectivity index (χ0v) is 20.5. The summed E-state index contributed by atoms with van der Waals surface area (Å²) in [6.07, 6.45) is 6.15. The Morgan fingerprint density at radius 1 is 1.03 bits per heavy atom. The number of anilines is 2. The lowest BCUT2D eigenvalue weighted by Crippen LogP contribution is -2.31. The Kier molecular flexibility index (Phi) is 8.04. The van der Waals surface area contributed by atoms with Gasteiger partial charge in [-0.2, -0.15) is 0 Å². The molecule has 0 radical (unpaired) electrons. The Labute approximate surface area is 197 Å². The van der Waals surface area contributed by atoms with Gasteiger partial charge in [0.15, 0.2) is 0 Å². The Balaban J connectivity index is 1.53. The predicted octanol–water partition coefficient (Wildman–Crippen LogP) is 4.93. The summed E-state index contributed by atoms with van der Waals surface area (Å²) in [5, 5.41) is 2.88. The third-order valence-corrected chi connectivity index (χ3v) is 7.07. The average Bonchev–Trinajstić information content (AvgIpc) is 2.75. The lowest BCUT2D eigenvalue weighted by molar-refractivity contribution is -0.116. The molecule has 0 unspecified atom stereocenters. The number of hydrogen-bond donors (Lipinski definition) is 1. The number of aromatic nitrogens is 1. The quantitative estimate of drug-likeness (QED) is 0.438. The number of rotatable bonds is 9. The van der Waals surface area contributed by atoms with Gasteiger partial charge in [0, 0.05) is 35.5 Å². The normalized spacial score (nSPS) is 11.2. The summed E-state index contributed by atoms with van der Waals surface area (Å²) >= 11 is 3.43. The van der Waals surface area contributed by atoms with Gasteiger partial charge in [0.25, 0.3) is 0 Å². The second kappa shape index (κ2) is 10.7. The predicted molar refractivity (Wildman–Crippen MR) is 132 cm³/mol. The van der Waals surface area contributed by atoms with Crippen molar-refractivity contribution in [3.63, 3.8) is 0 Å². The molecule has 168 valence electrons. The first kappa shape index (κ1) is 23.9. The van der Waals surface area contributed by atoms with Crippen molar-refractivity contribution in [1.29, 1.82) is 0 Å². The van der Waals surface area contributed by atoms with Crippen molar-refractivity contribution in [3.05, 3.63) is 88.2 Å². The number of carbonyl (C=O) groups is 1. The summed E-state index contributed by atoms with van der Waals surface area (Å²) in [7, 11) is -3.45. The number of aryl methyl sites for hydroxylation is 1. The molecule has 0 saturated heterocycles. The van der Waals surface area contributed by atoms with Crippen molar-refractivity contribution < 1.29 is 13.2 Å². The van der Waals surface area contributed by atoms with Gasteiger partial charge in [-0.15, -0.1) is 0 Å². The van der Waals surface area contributed by atoms with E-state index in [-0.39, 0.29) is 18.9 Å². The minimum absolute atomic E-state index is 0.146. The van der Waals surface area contributed by atoms with E-state index in [2.05, 4.69) is 26.2 Å². The molecule has 6 nitrogen and oxygen atoms in total. The van der Waals surface area contributed by atoms with Gasteiger partial charge in [-0.1, -0.05) is 28.1 Å². The highest BCUT2D eigenvalue weighted by atomic mass is 79.9. The Morgan fingerprint density at radius 3 is 2.31 bits per heavy atom. The van der Waals surface area contributed by atoms with Crippen molar-refractivity contribution in [1.82, 2.24) is 4.98 Å². The molecule has 1 amide bonds. The molecule has 0 aliphatic rings. The minimum atomic E-state index is -3.45. The van der Waals surface area contributed by atoms with Gasteiger partial charge < -0.3 is 5.32 Å². The molecular weight excluding hydrogens is 490 g/mol. The third kappa shape index (κ3) is 6.90. The number of hydrogen-bond acceptors (Lipinski definition) is 4. The van der Waals surface area contributed by atoms with Gasteiger partial charge in [0.1, 0.15) is 0 Å². The molecular formula is C24H26BrN3O3S. The molecule has 3 aromatic rings. The van der Waals surface area contributed by atoms with E-state index < -0.39 is 10.0 Å². The third-order valence-electron chi connectivity index (χ3n) is 4.99. The van der Waals surface area contributed by atoms with E-state index in [0.717, 1.165) is 27.7 Å². The van der Waals surface area contributed by atoms with Crippen LogP contribution >= 0.6 is 15.9 Å². The molecule has 1 heterocycles. The zero-order valence-electron chi connectivity index (χ0n) is 18.1. The highest BCUT2D eigenvalue weighted by molar-refractivity contribution is 9.10. The van der Waals surface area contributed by atoms with Crippen LogP contribution in [0.15, 0.2) is 71.5 Å². The van der Waals surface area contributed by atoms with Crippen LogP contribution in [0.5, 0.6) is 0 Å². The van der Waals surface area contributed by atoms with Crippen LogP contribution in [0.1, 0.15) is 29.5 Å². The number of nitrogens with one attached hydrogen (secondary N) is 1. The molecule has 32 heavy (non-hydrogen) atoms. The molecule has 1 N–H and O–H groups in total. The van der Waals surface area contributed by atoms with E-state index in [1.165, 1.54) is 16.1 Å². The molecule has 0 aliphatic heterocycles. The Bertz CT molecular complexity index is 1170. The van der Waals surface area contributed by atoms with E-state index in [1.54, 1.807) is 18.5 Å². The van der Waals surface area contributed by atoms with Gasteiger partial charge in [-0.3, -0.25) is 14.1 Å². The van der Waals surface area contributed by atoms with Gasteiger partial charge in [0.05, 0.1) is 11.9 Å². The summed E-state index contributed by atoms with van der Waals surface area (Å²) in [6.45, 7) is 2.14. The smallest absolute Gasteiger partial charge is 0.232 e. The SMILES string of the molecule is Cc1cc(N(CCCC(=O)Nc2ccc(Cc3ccncc3)cc2)S(C)(=O)=O)ccc1Br. The molecule has 0 bridgehead atoms.